The molecular weight excluding hydrogens is 299 g/mol. The lowest BCUT2D eigenvalue weighted by Crippen LogP contribution is -2.21. The van der Waals surface area contributed by atoms with Gasteiger partial charge in [-0.25, -0.2) is 0 Å². The minimum absolute atomic E-state index is 0. The first kappa shape index (κ1) is 18.7. The van der Waals surface area contributed by atoms with Gasteiger partial charge in [0.05, 0.1) is 33.3 Å². The van der Waals surface area contributed by atoms with Crippen molar-refractivity contribution in [3.8, 4) is 17.2 Å². The molecule has 0 amide bonds. The first-order chi connectivity index (χ1) is 8.82. The van der Waals surface area contributed by atoms with E-state index in [0.717, 1.165) is 0 Å². The van der Waals surface area contributed by atoms with E-state index in [2.05, 4.69) is 0 Å². The van der Waals surface area contributed by atoms with E-state index in [1.54, 1.807) is 0 Å². The molecule has 0 radical (unpaired) electrons. The van der Waals surface area contributed by atoms with Crippen molar-refractivity contribution in [1.29, 1.82) is 0 Å². The summed E-state index contributed by atoms with van der Waals surface area (Å²) in [7, 11) is 4.12. The number of methoxy groups -OCH3 is 3. The molecule has 2 N–H and O–H groups in total. The van der Waals surface area contributed by atoms with Gasteiger partial charge in [-0.15, -0.1) is 12.4 Å². The van der Waals surface area contributed by atoms with E-state index in [9.17, 15) is 13.2 Å². The Morgan fingerprint density at radius 1 is 1.05 bits per heavy atom. The second-order valence-electron chi connectivity index (χ2n) is 3.87. The van der Waals surface area contributed by atoms with Crippen LogP contribution in [-0.2, 0) is 0 Å². The maximum atomic E-state index is 12.4. The van der Waals surface area contributed by atoms with E-state index >= 15 is 0 Å². The Balaban J connectivity index is 0.00000361. The van der Waals surface area contributed by atoms with E-state index in [1.807, 2.05) is 0 Å². The molecule has 0 aliphatic rings. The second-order valence-corrected chi connectivity index (χ2v) is 3.87. The number of benzene rings is 1. The first-order valence-corrected chi connectivity index (χ1v) is 5.44. The van der Waals surface area contributed by atoms with Gasteiger partial charge < -0.3 is 19.9 Å². The summed E-state index contributed by atoms with van der Waals surface area (Å²) in [5.41, 5.74) is 5.77. The van der Waals surface area contributed by atoms with Crippen molar-refractivity contribution in [2.45, 2.75) is 18.6 Å². The zero-order valence-corrected chi connectivity index (χ0v) is 12.1. The third-order valence-corrected chi connectivity index (χ3v) is 2.58. The maximum Gasteiger partial charge on any atom is 0.390 e. The predicted molar refractivity (Wildman–Crippen MR) is 70.9 cm³/mol. The molecule has 1 rings (SSSR count). The summed E-state index contributed by atoms with van der Waals surface area (Å²) in [5.74, 6) is 0.817. The molecule has 20 heavy (non-hydrogen) atoms. The Morgan fingerprint density at radius 3 is 1.80 bits per heavy atom. The highest BCUT2D eigenvalue weighted by molar-refractivity contribution is 5.85. The quantitative estimate of drug-likeness (QED) is 0.907. The van der Waals surface area contributed by atoms with Crippen LogP contribution in [0.5, 0.6) is 17.2 Å². The Morgan fingerprint density at radius 2 is 1.50 bits per heavy atom. The summed E-state index contributed by atoms with van der Waals surface area (Å²) >= 11 is 0. The van der Waals surface area contributed by atoms with Gasteiger partial charge >= 0.3 is 6.18 Å². The molecule has 0 unspecified atom stereocenters. The van der Waals surface area contributed by atoms with Crippen LogP contribution in [0.1, 0.15) is 18.0 Å². The van der Waals surface area contributed by atoms with Crippen LogP contribution in [0.4, 0.5) is 13.2 Å². The molecule has 0 aliphatic carbocycles. The molecule has 0 aliphatic heterocycles. The topological polar surface area (TPSA) is 53.7 Å². The lowest BCUT2D eigenvalue weighted by Gasteiger charge is -2.20. The van der Waals surface area contributed by atoms with Crippen molar-refractivity contribution in [2.24, 2.45) is 5.73 Å². The first-order valence-electron chi connectivity index (χ1n) is 5.44. The minimum atomic E-state index is -4.37. The number of halogens is 4. The number of hydrogen-bond donors (Lipinski definition) is 1. The maximum absolute atomic E-state index is 12.4. The van der Waals surface area contributed by atoms with E-state index < -0.39 is 18.6 Å². The normalized spacial score (nSPS) is 12.3. The third-order valence-electron chi connectivity index (χ3n) is 2.58. The largest absolute Gasteiger partial charge is 0.496 e. The van der Waals surface area contributed by atoms with Crippen LogP contribution in [0, 0.1) is 0 Å². The van der Waals surface area contributed by atoms with Gasteiger partial charge in [0.15, 0.2) is 0 Å². The average Bonchev–Trinajstić information content (AvgIpc) is 2.34. The van der Waals surface area contributed by atoms with Crippen LogP contribution in [0.2, 0.25) is 0 Å². The Hall–Kier alpha value is -1.34. The summed E-state index contributed by atoms with van der Waals surface area (Å²) < 4.78 is 52.4. The van der Waals surface area contributed by atoms with Crippen LogP contribution < -0.4 is 19.9 Å². The molecule has 0 fully saturated rings. The Kier molecular flexibility index (Phi) is 6.95. The molecule has 1 aromatic rings. The van der Waals surface area contributed by atoms with Gasteiger partial charge in [-0.3, -0.25) is 0 Å². The zero-order chi connectivity index (χ0) is 14.6. The molecule has 0 saturated heterocycles. The Labute approximate surface area is 121 Å². The molecule has 0 spiro atoms. The molecule has 0 bridgehead atoms. The van der Waals surface area contributed by atoms with E-state index in [4.69, 9.17) is 19.9 Å². The number of rotatable bonds is 5. The number of hydrogen-bond acceptors (Lipinski definition) is 4. The molecule has 0 heterocycles. The fourth-order valence-corrected chi connectivity index (χ4v) is 1.75. The van der Waals surface area contributed by atoms with Gasteiger partial charge in [0.25, 0.3) is 0 Å². The predicted octanol–water partition coefficient (Wildman–Crippen LogP) is 3.09. The van der Waals surface area contributed by atoms with Crippen LogP contribution in [-0.4, -0.2) is 27.5 Å². The molecule has 1 aromatic carbocycles. The highest BCUT2D eigenvalue weighted by Crippen LogP contribution is 2.40. The van der Waals surface area contributed by atoms with Crippen LogP contribution in [0.3, 0.4) is 0 Å². The van der Waals surface area contributed by atoms with Crippen molar-refractivity contribution in [2.75, 3.05) is 21.3 Å². The molecule has 1 atom stereocenters. The van der Waals surface area contributed by atoms with Crippen molar-refractivity contribution in [3.05, 3.63) is 17.7 Å². The second kappa shape index (κ2) is 7.44. The van der Waals surface area contributed by atoms with Crippen LogP contribution in [0.25, 0.3) is 0 Å². The average molecular weight is 316 g/mol. The van der Waals surface area contributed by atoms with Gasteiger partial charge in [0, 0.05) is 18.2 Å². The third kappa shape index (κ3) is 4.64. The molecule has 0 aromatic heterocycles. The van der Waals surface area contributed by atoms with Gasteiger partial charge in [-0.1, -0.05) is 0 Å². The fraction of sp³-hybridized carbons (Fsp3) is 0.500. The van der Waals surface area contributed by atoms with Gasteiger partial charge in [-0.05, 0) is 0 Å². The SMILES string of the molecule is COc1cc(OC)c([C@H](N)CC(F)(F)F)c(OC)c1.Cl. The summed E-state index contributed by atoms with van der Waals surface area (Å²) in [5, 5.41) is 0. The number of alkyl halides is 3. The summed E-state index contributed by atoms with van der Waals surface area (Å²) in [6.45, 7) is 0. The van der Waals surface area contributed by atoms with Crippen LogP contribution >= 0.6 is 12.4 Å². The zero-order valence-electron chi connectivity index (χ0n) is 11.3. The number of ether oxygens (including phenoxy) is 3. The molecular formula is C12H17ClF3NO3. The molecule has 0 saturated carbocycles. The lowest BCUT2D eigenvalue weighted by molar-refractivity contribution is -0.138. The molecule has 8 heteroatoms. The molecule has 4 nitrogen and oxygen atoms in total. The van der Waals surface area contributed by atoms with E-state index in [-0.39, 0.29) is 29.5 Å². The van der Waals surface area contributed by atoms with E-state index in [0.29, 0.717) is 5.75 Å². The highest BCUT2D eigenvalue weighted by Gasteiger charge is 2.33. The fourth-order valence-electron chi connectivity index (χ4n) is 1.75. The standard InChI is InChI=1S/C12H16F3NO3.ClH/c1-17-7-4-9(18-2)11(10(5-7)19-3)8(16)6-12(13,14)15;/h4-5,8H,6,16H2,1-3H3;1H/t8-;/m1./s1. The number of nitrogens with two attached hydrogens (primary N) is 1. The van der Waals surface area contributed by atoms with Crippen molar-refractivity contribution < 1.29 is 27.4 Å². The van der Waals surface area contributed by atoms with Gasteiger partial charge in [0.2, 0.25) is 0 Å². The summed E-state index contributed by atoms with van der Waals surface area (Å²) in [4.78, 5) is 0. The lowest BCUT2D eigenvalue weighted by atomic mass is 10.0. The van der Waals surface area contributed by atoms with E-state index in [1.165, 1.54) is 33.5 Å². The molecule has 116 valence electrons. The van der Waals surface area contributed by atoms with Gasteiger partial charge in [0.1, 0.15) is 17.2 Å². The van der Waals surface area contributed by atoms with Crippen molar-refractivity contribution >= 4 is 12.4 Å². The summed E-state index contributed by atoms with van der Waals surface area (Å²) in [6.07, 6.45) is -5.53. The van der Waals surface area contributed by atoms with Crippen molar-refractivity contribution in [1.82, 2.24) is 0 Å². The Bertz CT molecular complexity index is 415. The van der Waals surface area contributed by atoms with Crippen LogP contribution in [0.15, 0.2) is 12.1 Å². The monoisotopic (exact) mass is 315 g/mol. The smallest absolute Gasteiger partial charge is 0.390 e. The van der Waals surface area contributed by atoms with Gasteiger partial charge in [-0.2, -0.15) is 13.2 Å². The highest BCUT2D eigenvalue weighted by atomic mass is 35.5. The summed E-state index contributed by atoms with van der Waals surface area (Å²) in [6, 6.07) is 1.66. The minimum Gasteiger partial charge on any atom is -0.496 e. The van der Waals surface area contributed by atoms with Crippen molar-refractivity contribution in [3.63, 3.8) is 0 Å².